The molecule has 0 radical (unpaired) electrons. The van der Waals surface area contributed by atoms with Crippen molar-refractivity contribution in [2.24, 2.45) is 0 Å². The molecule has 6 heteroatoms. The maximum atomic E-state index is 6.00. The van der Waals surface area contributed by atoms with Crippen molar-refractivity contribution >= 4 is 16.7 Å². The first kappa shape index (κ1) is 20.4. The number of fused-ring (bicyclic) bond motifs is 1. The molecular formula is C27H29N5O. The van der Waals surface area contributed by atoms with Crippen molar-refractivity contribution in [3.63, 3.8) is 0 Å². The Bertz CT molecular complexity index is 1310. The number of aryl methyl sites for hydroxylation is 3. The van der Waals surface area contributed by atoms with Crippen LogP contribution in [0.5, 0.6) is 0 Å². The highest BCUT2D eigenvalue weighted by molar-refractivity contribution is 5.93. The largest absolute Gasteiger partial charge is 0.369 e. The molecular weight excluding hydrogens is 410 g/mol. The molecule has 2 aliphatic heterocycles. The number of morpholine rings is 1. The molecule has 0 aliphatic carbocycles. The zero-order valence-electron chi connectivity index (χ0n) is 19.4. The van der Waals surface area contributed by atoms with Gasteiger partial charge in [-0.3, -0.25) is 4.98 Å². The SMILES string of the molecule is Cc1cc(-c2[nH]c3cc(-c4ccc(N5CC6(CNCCO6)C5)nc4)ccc3c2C)cc(C)n1. The number of nitrogens with zero attached hydrogens (tertiary/aromatic N) is 3. The Morgan fingerprint density at radius 2 is 1.73 bits per heavy atom. The first-order chi connectivity index (χ1) is 16.0. The number of anilines is 1. The lowest BCUT2D eigenvalue weighted by Gasteiger charge is -2.52. The maximum absolute atomic E-state index is 6.00. The van der Waals surface area contributed by atoms with Gasteiger partial charge in [0.2, 0.25) is 0 Å². The summed E-state index contributed by atoms with van der Waals surface area (Å²) < 4.78 is 6.00. The van der Waals surface area contributed by atoms with Crippen molar-refractivity contribution in [1.29, 1.82) is 0 Å². The number of aromatic nitrogens is 3. The summed E-state index contributed by atoms with van der Waals surface area (Å²) in [7, 11) is 0. The van der Waals surface area contributed by atoms with Gasteiger partial charge in [0.15, 0.2) is 0 Å². The van der Waals surface area contributed by atoms with Gasteiger partial charge in [-0.1, -0.05) is 12.1 Å². The van der Waals surface area contributed by atoms with Crippen molar-refractivity contribution in [2.45, 2.75) is 26.4 Å². The van der Waals surface area contributed by atoms with Gasteiger partial charge in [0.1, 0.15) is 11.4 Å². The molecule has 0 amide bonds. The van der Waals surface area contributed by atoms with E-state index in [0.29, 0.717) is 0 Å². The summed E-state index contributed by atoms with van der Waals surface area (Å²) >= 11 is 0. The molecule has 0 bridgehead atoms. The van der Waals surface area contributed by atoms with Crippen LogP contribution >= 0.6 is 0 Å². The van der Waals surface area contributed by atoms with E-state index in [0.717, 1.165) is 72.3 Å². The van der Waals surface area contributed by atoms with E-state index in [1.54, 1.807) is 0 Å². The second-order valence-corrected chi connectivity index (χ2v) is 9.49. The highest BCUT2D eigenvalue weighted by atomic mass is 16.5. The van der Waals surface area contributed by atoms with Crippen LogP contribution in [0.25, 0.3) is 33.3 Å². The van der Waals surface area contributed by atoms with Crippen LogP contribution in [0.15, 0.2) is 48.7 Å². The quantitative estimate of drug-likeness (QED) is 0.495. The lowest BCUT2D eigenvalue weighted by atomic mass is 9.92. The summed E-state index contributed by atoms with van der Waals surface area (Å²) in [5.74, 6) is 1.01. The highest BCUT2D eigenvalue weighted by Crippen LogP contribution is 2.34. The summed E-state index contributed by atoms with van der Waals surface area (Å²) in [5, 5.41) is 4.69. The predicted molar refractivity (Wildman–Crippen MR) is 133 cm³/mol. The van der Waals surface area contributed by atoms with Gasteiger partial charge in [-0.05, 0) is 62.2 Å². The summed E-state index contributed by atoms with van der Waals surface area (Å²) in [4.78, 5) is 15.2. The second kappa shape index (κ2) is 7.68. The number of aromatic amines is 1. The molecule has 0 unspecified atom stereocenters. The van der Waals surface area contributed by atoms with Gasteiger partial charge < -0.3 is 19.9 Å². The zero-order valence-corrected chi connectivity index (χ0v) is 19.4. The van der Waals surface area contributed by atoms with Crippen molar-refractivity contribution in [3.05, 3.63) is 65.6 Å². The van der Waals surface area contributed by atoms with Crippen LogP contribution in [-0.4, -0.2) is 53.3 Å². The van der Waals surface area contributed by atoms with E-state index in [1.807, 2.05) is 20.0 Å². The number of pyridine rings is 2. The zero-order chi connectivity index (χ0) is 22.6. The Kier molecular flexibility index (Phi) is 4.75. The van der Waals surface area contributed by atoms with E-state index >= 15 is 0 Å². The molecule has 6 nitrogen and oxygen atoms in total. The second-order valence-electron chi connectivity index (χ2n) is 9.49. The molecule has 4 aromatic rings. The molecule has 1 aromatic carbocycles. The van der Waals surface area contributed by atoms with Crippen LogP contribution in [-0.2, 0) is 4.74 Å². The van der Waals surface area contributed by atoms with Crippen LogP contribution in [0.1, 0.15) is 17.0 Å². The van der Waals surface area contributed by atoms with Crippen molar-refractivity contribution in [2.75, 3.05) is 37.7 Å². The number of nitrogens with one attached hydrogen (secondary N) is 2. The maximum Gasteiger partial charge on any atom is 0.128 e. The molecule has 1 spiro atoms. The van der Waals surface area contributed by atoms with Gasteiger partial charge >= 0.3 is 0 Å². The van der Waals surface area contributed by atoms with Gasteiger partial charge in [0.05, 0.1) is 19.7 Å². The van der Waals surface area contributed by atoms with Crippen molar-refractivity contribution < 1.29 is 4.74 Å². The molecule has 6 rings (SSSR count). The number of hydrogen-bond acceptors (Lipinski definition) is 5. The third kappa shape index (κ3) is 3.59. The molecule has 5 heterocycles. The van der Waals surface area contributed by atoms with Crippen LogP contribution in [0, 0.1) is 20.8 Å². The average Bonchev–Trinajstić information content (AvgIpc) is 3.13. The fraction of sp³-hybridized carbons (Fsp3) is 0.333. The number of hydrogen-bond donors (Lipinski definition) is 2. The molecule has 168 valence electrons. The van der Waals surface area contributed by atoms with Gasteiger partial charge in [-0.15, -0.1) is 0 Å². The van der Waals surface area contributed by atoms with E-state index in [9.17, 15) is 0 Å². The smallest absolute Gasteiger partial charge is 0.128 e. The molecule has 2 fully saturated rings. The Hall–Kier alpha value is -3.22. The molecule has 0 atom stereocenters. The highest BCUT2D eigenvalue weighted by Gasteiger charge is 2.45. The summed E-state index contributed by atoms with van der Waals surface area (Å²) in [6, 6.07) is 15.2. The standard InChI is InChI=1S/C27H29N5O/c1-17-10-22(11-18(2)30-17)26-19(3)23-6-4-20(12-24(23)31-26)21-5-7-25(29-13-21)32-15-27(16-32)14-28-8-9-33-27/h4-7,10-13,28,31H,8-9,14-16H2,1-3H3. The average molecular weight is 440 g/mol. The number of H-pyrrole nitrogens is 1. The summed E-state index contributed by atoms with van der Waals surface area (Å²) in [6.07, 6.45) is 1.98. The monoisotopic (exact) mass is 439 g/mol. The van der Waals surface area contributed by atoms with Crippen molar-refractivity contribution in [3.8, 4) is 22.4 Å². The Balaban J connectivity index is 1.26. The van der Waals surface area contributed by atoms with Gasteiger partial charge in [0, 0.05) is 58.4 Å². The molecule has 0 saturated carbocycles. The number of benzene rings is 1. The number of ether oxygens (including phenoxy) is 1. The molecule has 3 aromatic heterocycles. The Morgan fingerprint density at radius 1 is 0.939 bits per heavy atom. The van der Waals surface area contributed by atoms with Crippen LogP contribution in [0.3, 0.4) is 0 Å². The minimum Gasteiger partial charge on any atom is -0.369 e. The fourth-order valence-corrected chi connectivity index (χ4v) is 5.25. The first-order valence-electron chi connectivity index (χ1n) is 11.6. The normalized spacial score (nSPS) is 17.5. The third-order valence-electron chi connectivity index (χ3n) is 6.93. The Labute approximate surface area is 194 Å². The van der Waals surface area contributed by atoms with Crippen LogP contribution in [0.2, 0.25) is 0 Å². The van der Waals surface area contributed by atoms with Gasteiger partial charge in [-0.25, -0.2) is 4.98 Å². The van der Waals surface area contributed by atoms with E-state index < -0.39 is 0 Å². The van der Waals surface area contributed by atoms with E-state index in [4.69, 9.17) is 9.72 Å². The predicted octanol–water partition coefficient (Wildman–Crippen LogP) is 4.40. The molecule has 2 N–H and O–H groups in total. The minimum atomic E-state index is -0.0290. The topological polar surface area (TPSA) is 66.1 Å². The molecule has 33 heavy (non-hydrogen) atoms. The summed E-state index contributed by atoms with van der Waals surface area (Å²) in [6.45, 7) is 10.7. The minimum absolute atomic E-state index is 0.0290. The van der Waals surface area contributed by atoms with Crippen LogP contribution in [0.4, 0.5) is 5.82 Å². The van der Waals surface area contributed by atoms with E-state index in [1.165, 1.54) is 16.5 Å². The lowest BCUT2D eigenvalue weighted by molar-refractivity contribution is -0.0831. The first-order valence-corrected chi connectivity index (χ1v) is 11.6. The summed E-state index contributed by atoms with van der Waals surface area (Å²) in [5.41, 5.74) is 9.08. The van der Waals surface area contributed by atoms with Gasteiger partial charge in [-0.2, -0.15) is 0 Å². The lowest BCUT2D eigenvalue weighted by Crippen LogP contribution is -2.70. The third-order valence-corrected chi connectivity index (χ3v) is 6.93. The number of rotatable bonds is 3. The van der Waals surface area contributed by atoms with Crippen molar-refractivity contribution in [1.82, 2.24) is 20.3 Å². The van der Waals surface area contributed by atoms with E-state index in [2.05, 4.69) is 69.6 Å². The van der Waals surface area contributed by atoms with Crippen LogP contribution < -0.4 is 10.2 Å². The fourth-order valence-electron chi connectivity index (χ4n) is 5.25. The molecule has 2 saturated heterocycles. The Morgan fingerprint density at radius 3 is 2.42 bits per heavy atom. The van der Waals surface area contributed by atoms with Gasteiger partial charge in [0.25, 0.3) is 0 Å². The van der Waals surface area contributed by atoms with E-state index in [-0.39, 0.29) is 5.60 Å². The molecule has 2 aliphatic rings.